The van der Waals surface area contributed by atoms with Crippen LogP contribution in [0.5, 0.6) is 0 Å². The Bertz CT molecular complexity index is 974. The van der Waals surface area contributed by atoms with Gasteiger partial charge in [0.1, 0.15) is 6.10 Å². The number of anilines is 2. The van der Waals surface area contributed by atoms with Crippen LogP contribution >= 0.6 is 0 Å². The lowest BCUT2D eigenvalue weighted by molar-refractivity contribution is -0.150. The topological polar surface area (TPSA) is 108 Å². The molecule has 0 aliphatic heterocycles. The number of rotatable bonds is 13. The summed E-state index contributed by atoms with van der Waals surface area (Å²) in [5.74, 6) is -0.695. The molecule has 2 amide bonds. The van der Waals surface area contributed by atoms with Gasteiger partial charge in [0.05, 0.1) is 0 Å². The molecule has 1 fully saturated rings. The number of hydroxylamine groups is 1. The van der Waals surface area contributed by atoms with Crippen molar-refractivity contribution in [3.05, 3.63) is 60.2 Å². The number of carbonyl (C=O) groups is 3. The minimum Gasteiger partial charge on any atom is -0.461 e. The molecule has 8 heteroatoms. The minimum atomic E-state index is -0.560. The van der Waals surface area contributed by atoms with Gasteiger partial charge in [-0.15, -0.1) is 0 Å². The van der Waals surface area contributed by atoms with Gasteiger partial charge in [-0.05, 0) is 68.4 Å². The van der Waals surface area contributed by atoms with Crippen LogP contribution in [0.2, 0.25) is 0 Å². The van der Waals surface area contributed by atoms with Crippen LogP contribution in [0.25, 0.3) is 0 Å². The molecule has 36 heavy (non-hydrogen) atoms. The summed E-state index contributed by atoms with van der Waals surface area (Å²) in [6.45, 7) is 0. The zero-order chi connectivity index (χ0) is 25.8. The molecule has 0 aromatic heterocycles. The Balaban J connectivity index is 1.54. The molecule has 0 spiro atoms. The molecular weight excluding hydrogens is 458 g/mol. The molecule has 194 valence electrons. The van der Waals surface area contributed by atoms with Gasteiger partial charge in [0.15, 0.2) is 6.04 Å². The lowest BCUT2D eigenvalue weighted by atomic mass is 10.0. The number of nitrogens with one attached hydrogen (secondary N) is 2. The van der Waals surface area contributed by atoms with E-state index in [9.17, 15) is 14.4 Å². The molecule has 8 nitrogen and oxygen atoms in total. The second-order valence-corrected chi connectivity index (χ2v) is 9.31. The maximum Gasteiger partial charge on any atom is 0.333 e. The lowest BCUT2D eigenvalue weighted by Crippen LogP contribution is -2.34. The van der Waals surface area contributed by atoms with Crippen LogP contribution in [-0.4, -0.2) is 36.1 Å². The summed E-state index contributed by atoms with van der Waals surface area (Å²) in [4.78, 5) is 38.4. The predicted octanol–water partition coefficient (Wildman–Crippen LogP) is 5.13. The molecule has 1 aliphatic carbocycles. The van der Waals surface area contributed by atoms with Crippen molar-refractivity contribution >= 4 is 29.2 Å². The summed E-state index contributed by atoms with van der Waals surface area (Å²) in [6, 6.07) is 16.5. The van der Waals surface area contributed by atoms with Gasteiger partial charge in [-0.25, -0.2) is 10.3 Å². The van der Waals surface area contributed by atoms with Gasteiger partial charge >= 0.3 is 5.97 Å². The van der Waals surface area contributed by atoms with E-state index in [-0.39, 0.29) is 30.3 Å². The van der Waals surface area contributed by atoms with Crippen molar-refractivity contribution in [3.8, 4) is 0 Å². The number of benzene rings is 2. The minimum absolute atomic E-state index is 0.00487. The Labute approximate surface area is 213 Å². The van der Waals surface area contributed by atoms with Gasteiger partial charge in [0.25, 0.3) is 0 Å². The number of unbranched alkanes of at least 4 members (excludes halogenated alkanes) is 3. The first-order chi connectivity index (χ1) is 17.5. The number of carbonyl (C=O) groups excluding carboxylic acids is 3. The predicted molar refractivity (Wildman–Crippen MR) is 139 cm³/mol. The normalized spacial score (nSPS) is 14.2. The van der Waals surface area contributed by atoms with Crippen molar-refractivity contribution < 1.29 is 24.3 Å². The molecule has 0 heterocycles. The Morgan fingerprint density at radius 3 is 2.14 bits per heavy atom. The number of amides is 2. The highest BCUT2D eigenvalue weighted by atomic mass is 16.5. The third kappa shape index (κ3) is 8.37. The van der Waals surface area contributed by atoms with Crippen molar-refractivity contribution in [2.24, 2.45) is 0 Å². The maximum absolute atomic E-state index is 13.2. The van der Waals surface area contributed by atoms with E-state index in [1.54, 1.807) is 5.48 Å². The molecular formula is C28H37N3O5. The molecule has 2 aromatic rings. The van der Waals surface area contributed by atoms with E-state index in [1.807, 2.05) is 66.5 Å². The quantitative estimate of drug-likeness (QED) is 0.154. The van der Waals surface area contributed by atoms with Crippen LogP contribution in [0.4, 0.5) is 11.4 Å². The van der Waals surface area contributed by atoms with E-state index in [1.165, 1.54) is 0 Å². The Morgan fingerprint density at radius 2 is 1.53 bits per heavy atom. The van der Waals surface area contributed by atoms with Crippen LogP contribution in [0.1, 0.15) is 75.8 Å². The maximum atomic E-state index is 13.2. The standard InChI is InChI=1S/C28H37N3O5/c1-31(27(21-11-5-4-6-12-21)28(34)36-24-13-9-10-14-24)23-19-17-22(18-20-23)29-25(32)15-7-2-3-8-16-26(33)30-35/h4-6,11-12,17-20,24,27,35H,2-3,7-10,13-16H2,1H3,(H,29,32)(H,30,33)/t27-/m0/s1. The summed E-state index contributed by atoms with van der Waals surface area (Å²) in [7, 11) is 1.88. The number of likely N-dealkylation sites (N-methyl/N-ethyl adjacent to an activating group) is 1. The van der Waals surface area contributed by atoms with Crippen LogP contribution in [0.15, 0.2) is 54.6 Å². The Kier molecular flexibility index (Phi) is 10.8. The zero-order valence-corrected chi connectivity index (χ0v) is 20.9. The number of ether oxygens (including phenoxy) is 1. The van der Waals surface area contributed by atoms with E-state index in [0.717, 1.165) is 56.2 Å². The molecule has 3 N–H and O–H groups in total. The van der Waals surface area contributed by atoms with Crippen molar-refractivity contribution in [1.82, 2.24) is 5.48 Å². The fraction of sp³-hybridized carbons (Fsp3) is 0.464. The smallest absolute Gasteiger partial charge is 0.333 e. The van der Waals surface area contributed by atoms with Gasteiger partial charge in [-0.2, -0.15) is 0 Å². The monoisotopic (exact) mass is 495 g/mol. The molecule has 0 bridgehead atoms. The zero-order valence-electron chi connectivity index (χ0n) is 20.9. The van der Waals surface area contributed by atoms with Crippen molar-refractivity contribution in [2.75, 3.05) is 17.3 Å². The lowest BCUT2D eigenvalue weighted by Gasteiger charge is -2.30. The molecule has 1 atom stereocenters. The van der Waals surface area contributed by atoms with E-state index in [0.29, 0.717) is 18.5 Å². The Morgan fingerprint density at radius 1 is 0.917 bits per heavy atom. The van der Waals surface area contributed by atoms with Crippen LogP contribution in [0.3, 0.4) is 0 Å². The van der Waals surface area contributed by atoms with Gasteiger partial charge in [0.2, 0.25) is 11.8 Å². The summed E-state index contributed by atoms with van der Waals surface area (Å²) < 4.78 is 5.86. The van der Waals surface area contributed by atoms with Gasteiger partial charge in [0, 0.05) is 31.3 Å². The molecule has 1 aliphatic rings. The highest BCUT2D eigenvalue weighted by Gasteiger charge is 2.30. The molecule has 2 aromatic carbocycles. The van der Waals surface area contributed by atoms with E-state index in [4.69, 9.17) is 9.94 Å². The van der Waals surface area contributed by atoms with Gasteiger partial charge < -0.3 is 15.0 Å². The third-order valence-corrected chi connectivity index (χ3v) is 6.55. The highest BCUT2D eigenvalue weighted by Crippen LogP contribution is 2.30. The van der Waals surface area contributed by atoms with E-state index < -0.39 is 6.04 Å². The average Bonchev–Trinajstić information content (AvgIpc) is 3.40. The summed E-state index contributed by atoms with van der Waals surface area (Å²) in [5.41, 5.74) is 4.03. The van der Waals surface area contributed by atoms with Crippen molar-refractivity contribution in [2.45, 2.75) is 76.4 Å². The van der Waals surface area contributed by atoms with E-state index >= 15 is 0 Å². The second kappa shape index (κ2) is 14.2. The molecule has 0 unspecified atom stereocenters. The van der Waals surface area contributed by atoms with E-state index in [2.05, 4.69) is 5.32 Å². The summed E-state index contributed by atoms with van der Waals surface area (Å²) in [6.07, 6.45) is 7.80. The summed E-state index contributed by atoms with van der Waals surface area (Å²) >= 11 is 0. The van der Waals surface area contributed by atoms with Gasteiger partial charge in [-0.1, -0.05) is 43.2 Å². The fourth-order valence-electron chi connectivity index (χ4n) is 4.52. The molecule has 0 radical (unpaired) electrons. The highest BCUT2D eigenvalue weighted by molar-refractivity contribution is 5.91. The SMILES string of the molecule is CN(c1ccc(NC(=O)CCCCCCC(=O)NO)cc1)[C@H](C(=O)OC1CCCC1)c1ccccc1. The van der Waals surface area contributed by atoms with Gasteiger partial charge in [-0.3, -0.25) is 14.8 Å². The van der Waals surface area contributed by atoms with Crippen LogP contribution in [-0.2, 0) is 19.1 Å². The number of nitrogens with zero attached hydrogens (tertiary/aromatic N) is 1. The van der Waals surface area contributed by atoms with Crippen molar-refractivity contribution in [1.29, 1.82) is 0 Å². The first kappa shape index (κ1) is 27.2. The fourth-order valence-corrected chi connectivity index (χ4v) is 4.52. The number of hydrogen-bond donors (Lipinski definition) is 3. The largest absolute Gasteiger partial charge is 0.461 e. The second-order valence-electron chi connectivity index (χ2n) is 9.31. The average molecular weight is 496 g/mol. The first-order valence-electron chi connectivity index (χ1n) is 12.8. The van der Waals surface area contributed by atoms with Crippen LogP contribution < -0.4 is 15.7 Å². The number of hydrogen-bond acceptors (Lipinski definition) is 6. The Hall–Kier alpha value is -3.39. The summed E-state index contributed by atoms with van der Waals surface area (Å²) in [5, 5.41) is 11.4. The molecule has 3 rings (SSSR count). The van der Waals surface area contributed by atoms with Crippen LogP contribution in [0, 0.1) is 0 Å². The first-order valence-corrected chi connectivity index (χ1v) is 12.8. The molecule has 1 saturated carbocycles. The third-order valence-electron chi connectivity index (χ3n) is 6.55. The van der Waals surface area contributed by atoms with Crippen molar-refractivity contribution in [3.63, 3.8) is 0 Å². The molecule has 0 saturated heterocycles. The number of esters is 1.